The van der Waals surface area contributed by atoms with E-state index in [-0.39, 0.29) is 23.9 Å². The quantitative estimate of drug-likeness (QED) is 0.167. The van der Waals surface area contributed by atoms with Gasteiger partial charge in [-0.2, -0.15) is 0 Å². The van der Waals surface area contributed by atoms with Crippen molar-refractivity contribution in [3.05, 3.63) is 29.8 Å². The molecule has 0 aliphatic heterocycles. The lowest BCUT2D eigenvalue weighted by Gasteiger charge is -2.40. The second-order valence-electron chi connectivity index (χ2n) is 10.4. The van der Waals surface area contributed by atoms with Gasteiger partial charge in [0.2, 0.25) is 0 Å². The fraction of sp³-hybridized carbons (Fsp3) is 0.759. The number of rotatable bonds is 19. The molecule has 208 valence electrons. The summed E-state index contributed by atoms with van der Waals surface area (Å²) in [5.74, 6) is 0.972. The smallest absolute Gasteiger partial charge is 0.192 e. The highest BCUT2D eigenvalue weighted by molar-refractivity contribution is 6.74. The van der Waals surface area contributed by atoms with Gasteiger partial charge in [-0.3, -0.25) is 4.79 Å². The average molecular weight is 539 g/mol. The summed E-state index contributed by atoms with van der Waals surface area (Å²) in [6.07, 6.45) is 0.111. The van der Waals surface area contributed by atoms with E-state index in [4.69, 9.17) is 18.3 Å². The Balaban J connectivity index is 3.18. The van der Waals surface area contributed by atoms with Crippen molar-refractivity contribution in [1.82, 2.24) is 0 Å². The Labute approximate surface area is 223 Å². The molecule has 4 atom stereocenters. The maximum absolute atomic E-state index is 13.0. The zero-order chi connectivity index (χ0) is 27.4. The van der Waals surface area contributed by atoms with E-state index in [1.165, 1.54) is 0 Å². The minimum atomic E-state index is -1.97. The molecule has 0 bridgehead atoms. The van der Waals surface area contributed by atoms with Gasteiger partial charge < -0.3 is 18.3 Å². The number of ether oxygens (including phenoxy) is 2. The Morgan fingerprint density at radius 2 is 1.28 bits per heavy atom. The van der Waals surface area contributed by atoms with Crippen LogP contribution in [-0.2, 0) is 25.0 Å². The van der Waals surface area contributed by atoms with Gasteiger partial charge >= 0.3 is 0 Å². The summed E-state index contributed by atoms with van der Waals surface area (Å²) >= 11 is 0. The van der Waals surface area contributed by atoms with Crippen molar-refractivity contribution in [2.24, 2.45) is 5.92 Å². The molecule has 0 saturated heterocycles. The number of hydrogen-bond acceptors (Lipinski definition) is 5. The van der Waals surface area contributed by atoms with Gasteiger partial charge in [-0.25, -0.2) is 0 Å². The van der Waals surface area contributed by atoms with E-state index in [1.54, 1.807) is 14.0 Å². The molecule has 0 aliphatic carbocycles. The minimum absolute atomic E-state index is 0.0274. The van der Waals surface area contributed by atoms with Gasteiger partial charge in [-0.15, -0.1) is 0 Å². The van der Waals surface area contributed by atoms with Crippen LogP contribution in [0.2, 0.25) is 36.3 Å². The SMILES string of the molecule is CC[Si](CC)(CC)O[C@@H]([C@H](C)C[C@@H](C)O[Si](CC)(CC)CC)[C@@H](OCc1ccc(OC)cc1)C(C)=O. The summed E-state index contributed by atoms with van der Waals surface area (Å²) in [7, 11) is -2.02. The van der Waals surface area contributed by atoms with Crippen molar-refractivity contribution in [2.75, 3.05) is 7.11 Å². The molecule has 0 heterocycles. The predicted octanol–water partition coefficient (Wildman–Crippen LogP) is 8.00. The minimum Gasteiger partial charge on any atom is -0.497 e. The Kier molecular flexibility index (Phi) is 14.7. The van der Waals surface area contributed by atoms with Gasteiger partial charge in [-0.1, -0.05) is 60.6 Å². The van der Waals surface area contributed by atoms with Crippen molar-refractivity contribution in [2.45, 2.75) is 130 Å². The van der Waals surface area contributed by atoms with Crippen LogP contribution in [0.3, 0.4) is 0 Å². The molecule has 0 N–H and O–H groups in total. The zero-order valence-corrected chi connectivity index (χ0v) is 26.8. The molecule has 0 saturated carbocycles. The fourth-order valence-electron chi connectivity index (χ4n) is 5.25. The molecular formula is C29H54O5Si2. The second-order valence-corrected chi connectivity index (χ2v) is 19.8. The lowest BCUT2D eigenvalue weighted by atomic mass is 9.92. The molecule has 1 aromatic carbocycles. The highest BCUT2D eigenvalue weighted by Gasteiger charge is 2.41. The lowest BCUT2D eigenvalue weighted by Crippen LogP contribution is -2.50. The fourth-order valence-corrected chi connectivity index (χ4v) is 11.1. The Bertz CT molecular complexity index is 730. The van der Waals surface area contributed by atoms with Crippen LogP contribution in [0, 0.1) is 5.92 Å². The normalized spacial score (nSPS) is 15.8. The first kappa shape index (κ1) is 33.0. The summed E-state index contributed by atoms with van der Waals surface area (Å²) in [6.45, 7) is 19.9. The topological polar surface area (TPSA) is 54.0 Å². The summed E-state index contributed by atoms with van der Waals surface area (Å²) in [5, 5.41) is 0. The zero-order valence-electron chi connectivity index (χ0n) is 24.8. The van der Waals surface area contributed by atoms with Crippen LogP contribution < -0.4 is 4.74 Å². The van der Waals surface area contributed by atoms with Crippen molar-refractivity contribution in [3.8, 4) is 5.75 Å². The standard InChI is InChI=1S/C29H54O5Si2/c1-11-35(12-2,13-3)33-24(8)21-23(7)28(34-36(14-4,15-5)16-6)29(25(9)30)32-22-26-17-19-27(31-10)20-18-26/h17-20,23-24,28-29H,11-16,21-22H2,1-10H3/t23-,24-,28+,29+/m1/s1. The molecule has 1 rings (SSSR count). The van der Waals surface area contributed by atoms with Crippen LogP contribution in [0.5, 0.6) is 5.75 Å². The van der Waals surface area contributed by atoms with Gasteiger partial charge in [0.15, 0.2) is 22.4 Å². The van der Waals surface area contributed by atoms with Crippen molar-refractivity contribution in [3.63, 3.8) is 0 Å². The van der Waals surface area contributed by atoms with E-state index in [1.807, 2.05) is 24.3 Å². The molecule has 0 aromatic heterocycles. The predicted molar refractivity (Wildman–Crippen MR) is 156 cm³/mol. The van der Waals surface area contributed by atoms with Gasteiger partial charge in [0, 0.05) is 6.10 Å². The third kappa shape index (κ3) is 9.39. The number of hydrogen-bond donors (Lipinski definition) is 0. The first-order valence-electron chi connectivity index (χ1n) is 14.2. The number of benzene rings is 1. The molecule has 5 nitrogen and oxygen atoms in total. The van der Waals surface area contributed by atoms with E-state index in [9.17, 15) is 4.79 Å². The highest BCUT2D eigenvalue weighted by atomic mass is 28.4. The molecule has 0 fully saturated rings. The van der Waals surface area contributed by atoms with Crippen LogP contribution >= 0.6 is 0 Å². The van der Waals surface area contributed by atoms with Crippen LogP contribution in [-0.4, -0.2) is 47.8 Å². The van der Waals surface area contributed by atoms with Crippen molar-refractivity contribution in [1.29, 1.82) is 0 Å². The summed E-state index contributed by atoms with van der Waals surface area (Å²) in [5.41, 5.74) is 1.01. The van der Waals surface area contributed by atoms with E-state index >= 15 is 0 Å². The number of methoxy groups -OCH3 is 1. The molecule has 0 aliphatic rings. The molecule has 36 heavy (non-hydrogen) atoms. The first-order chi connectivity index (χ1) is 17.1. The molecule has 0 amide bonds. The molecule has 1 aromatic rings. The van der Waals surface area contributed by atoms with Gasteiger partial charge in [0.1, 0.15) is 11.9 Å². The van der Waals surface area contributed by atoms with Gasteiger partial charge in [0.05, 0.1) is 19.8 Å². The van der Waals surface area contributed by atoms with E-state index in [0.717, 1.165) is 54.0 Å². The van der Waals surface area contributed by atoms with Crippen molar-refractivity contribution < 1.29 is 23.1 Å². The summed E-state index contributed by atoms with van der Waals surface area (Å²) in [4.78, 5) is 13.0. The highest BCUT2D eigenvalue weighted by Crippen LogP contribution is 2.32. The lowest BCUT2D eigenvalue weighted by molar-refractivity contribution is -0.140. The molecule has 0 unspecified atom stereocenters. The van der Waals surface area contributed by atoms with E-state index < -0.39 is 22.7 Å². The first-order valence-corrected chi connectivity index (χ1v) is 19.2. The summed E-state index contributed by atoms with van der Waals surface area (Å²) < 4.78 is 25.4. The van der Waals surface area contributed by atoms with Crippen LogP contribution in [0.15, 0.2) is 24.3 Å². The van der Waals surface area contributed by atoms with Gasteiger partial charge in [-0.05, 0) is 80.1 Å². The maximum atomic E-state index is 13.0. The molecular weight excluding hydrogens is 484 g/mol. The van der Waals surface area contributed by atoms with Crippen LogP contribution in [0.1, 0.15) is 74.3 Å². The average Bonchev–Trinajstić information content (AvgIpc) is 2.89. The van der Waals surface area contributed by atoms with Crippen LogP contribution in [0.25, 0.3) is 0 Å². The third-order valence-corrected chi connectivity index (χ3v) is 17.7. The third-order valence-electron chi connectivity index (χ3n) is 8.26. The van der Waals surface area contributed by atoms with Crippen molar-refractivity contribution >= 4 is 22.4 Å². The maximum Gasteiger partial charge on any atom is 0.192 e. The van der Waals surface area contributed by atoms with E-state index in [0.29, 0.717) is 6.61 Å². The number of Topliss-reactive ketones (excluding diaryl/α,β-unsaturated/α-hetero) is 1. The van der Waals surface area contributed by atoms with Gasteiger partial charge in [0.25, 0.3) is 0 Å². The van der Waals surface area contributed by atoms with E-state index in [2.05, 4.69) is 55.4 Å². The number of carbonyl (C=O) groups is 1. The Hall–Kier alpha value is -0.996. The molecule has 0 radical (unpaired) electrons. The number of ketones is 1. The largest absolute Gasteiger partial charge is 0.497 e. The Morgan fingerprint density at radius 3 is 1.69 bits per heavy atom. The molecule has 0 spiro atoms. The van der Waals surface area contributed by atoms with Crippen LogP contribution in [0.4, 0.5) is 0 Å². The Morgan fingerprint density at radius 1 is 0.806 bits per heavy atom. The second kappa shape index (κ2) is 16.1. The summed E-state index contributed by atoms with van der Waals surface area (Å²) in [6, 6.07) is 14.3. The molecule has 7 heteroatoms. The monoisotopic (exact) mass is 538 g/mol. The number of carbonyl (C=O) groups excluding carboxylic acids is 1.